The van der Waals surface area contributed by atoms with Crippen LogP contribution in [0, 0.1) is 12.7 Å². The fourth-order valence-corrected chi connectivity index (χ4v) is 2.18. The zero-order chi connectivity index (χ0) is 14.4. The highest BCUT2D eigenvalue weighted by Gasteiger charge is 2.02. The van der Waals surface area contributed by atoms with Gasteiger partial charge in [0.1, 0.15) is 11.6 Å². The number of ether oxygens (including phenoxy) is 1. The Morgan fingerprint density at radius 1 is 1.40 bits per heavy atom. The van der Waals surface area contributed by atoms with Crippen LogP contribution in [0.4, 0.5) is 4.39 Å². The van der Waals surface area contributed by atoms with E-state index in [9.17, 15) is 9.18 Å². The number of hydrazone groups is 1. The van der Waals surface area contributed by atoms with Crippen LogP contribution < -0.4 is 10.2 Å². The van der Waals surface area contributed by atoms with Crippen LogP contribution in [-0.2, 0) is 4.79 Å². The van der Waals surface area contributed by atoms with Gasteiger partial charge in [-0.15, -0.1) is 11.3 Å². The number of amides is 1. The van der Waals surface area contributed by atoms with Crippen molar-refractivity contribution in [2.45, 2.75) is 6.92 Å². The first kappa shape index (κ1) is 14.2. The molecule has 4 nitrogen and oxygen atoms in total. The molecule has 0 bridgehead atoms. The van der Waals surface area contributed by atoms with Crippen molar-refractivity contribution in [3.8, 4) is 5.75 Å². The highest BCUT2D eigenvalue weighted by atomic mass is 32.1. The van der Waals surface area contributed by atoms with Gasteiger partial charge in [-0.05, 0) is 48.2 Å². The molecule has 104 valence electrons. The van der Waals surface area contributed by atoms with Crippen molar-refractivity contribution in [3.63, 3.8) is 0 Å². The number of hydrogen-bond donors (Lipinski definition) is 1. The summed E-state index contributed by atoms with van der Waals surface area (Å²) in [6.07, 6.45) is 1.59. The Balaban J connectivity index is 1.77. The Morgan fingerprint density at radius 3 is 2.80 bits per heavy atom. The largest absolute Gasteiger partial charge is 0.484 e. The van der Waals surface area contributed by atoms with Crippen LogP contribution in [-0.4, -0.2) is 18.7 Å². The van der Waals surface area contributed by atoms with Gasteiger partial charge in [0.25, 0.3) is 5.91 Å². The molecule has 20 heavy (non-hydrogen) atoms. The fourth-order valence-electron chi connectivity index (χ4n) is 1.39. The van der Waals surface area contributed by atoms with E-state index >= 15 is 0 Å². The van der Waals surface area contributed by atoms with E-state index in [1.165, 1.54) is 24.3 Å². The van der Waals surface area contributed by atoms with E-state index in [0.29, 0.717) is 5.75 Å². The molecule has 0 unspecified atom stereocenters. The average molecular weight is 292 g/mol. The van der Waals surface area contributed by atoms with Crippen LogP contribution in [0.5, 0.6) is 5.75 Å². The molecule has 0 spiro atoms. The predicted octanol–water partition coefficient (Wildman–Crippen LogP) is 2.72. The fraction of sp³-hybridized carbons (Fsp3) is 0.143. The lowest BCUT2D eigenvalue weighted by molar-refractivity contribution is -0.123. The molecule has 2 aromatic rings. The number of carbonyl (C=O) groups excluding carboxylic acids is 1. The van der Waals surface area contributed by atoms with E-state index in [1.807, 2.05) is 18.4 Å². The Bertz CT molecular complexity index is 608. The lowest BCUT2D eigenvalue weighted by Gasteiger charge is -2.04. The molecule has 0 aliphatic carbocycles. The molecule has 1 heterocycles. The quantitative estimate of drug-likeness (QED) is 0.680. The first-order valence-electron chi connectivity index (χ1n) is 5.89. The summed E-state index contributed by atoms with van der Waals surface area (Å²) in [5.74, 6) is -0.294. The van der Waals surface area contributed by atoms with E-state index in [1.54, 1.807) is 17.6 Å². The van der Waals surface area contributed by atoms with Crippen LogP contribution in [0.3, 0.4) is 0 Å². The van der Waals surface area contributed by atoms with Gasteiger partial charge in [-0.3, -0.25) is 4.79 Å². The molecule has 6 heteroatoms. The van der Waals surface area contributed by atoms with Crippen molar-refractivity contribution in [3.05, 3.63) is 52.0 Å². The Kier molecular flexibility index (Phi) is 4.84. The minimum atomic E-state index is -0.375. The van der Waals surface area contributed by atoms with Gasteiger partial charge in [-0.1, -0.05) is 0 Å². The maximum atomic E-state index is 12.7. The van der Waals surface area contributed by atoms with Gasteiger partial charge in [-0.25, -0.2) is 9.82 Å². The summed E-state index contributed by atoms with van der Waals surface area (Å²) < 4.78 is 17.9. The second kappa shape index (κ2) is 6.81. The summed E-state index contributed by atoms with van der Waals surface area (Å²) in [5.41, 5.74) is 3.47. The molecule has 0 saturated carbocycles. The third kappa shape index (κ3) is 4.17. The minimum Gasteiger partial charge on any atom is -0.484 e. The first-order chi connectivity index (χ1) is 9.65. The number of nitrogens with zero attached hydrogens (tertiary/aromatic N) is 1. The van der Waals surface area contributed by atoms with E-state index in [2.05, 4.69) is 10.5 Å². The molecule has 2 rings (SSSR count). The molecule has 1 N–H and O–H groups in total. The molecular weight excluding hydrogens is 279 g/mol. The maximum absolute atomic E-state index is 12.7. The molecule has 0 aliphatic rings. The Hall–Kier alpha value is -2.21. The van der Waals surface area contributed by atoms with Crippen LogP contribution in [0.25, 0.3) is 0 Å². The topological polar surface area (TPSA) is 50.7 Å². The number of carbonyl (C=O) groups is 1. The number of rotatable bonds is 5. The first-order valence-corrected chi connectivity index (χ1v) is 6.77. The summed E-state index contributed by atoms with van der Waals surface area (Å²) >= 11 is 1.55. The third-order valence-electron chi connectivity index (χ3n) is 2.46. The van der Waals surface area contributed by atoms with Crippen LogP contribution in [0.1, 0.15) is 10.4 Å². The molecule has 1 amide bonds. The van der Waals surface area contributed by atoms with Crippen LogP contribution >= 0.6 is 11.3 Å². The maximum Gasteiger partial charge on any atom is 0.277 e. The summed E-state index contributed by atoms with van der Waals surface area (Å²) in [7, 11) is 0. The average Bonchev–Trinajstić information content (AvgIpc) is 2.84. The van der Waals surface area contributed by atoms with E-state index in [-0.39, 0.29) is 18.3 Å². The number of hydrogen-bond acceptors (Lipinski definition) is 4. The molecule has 0 aliphatic heterocycles. The summed E-state index contributed by atoms with van der Waals surface area (Å²) in [5, 5.41) is 5.80. The van der Waals surface area contributed by atoms with Gasteiger partial charge in [0.15, 0.2) is 6.61 Å². The van der Waals surface area contributed by atoms with Crippen molar-refractivity contribution in [2.24, 2.45) is 5.10 Å². The number of halogens is 1. The van der Waals surface area contributed by atoms with Crippen molar-refractivity contribution in [1.29, 1.82) is 0 Å². The number of aryl methyl sites for hydroxylation is 1. The van der Waals surface area contributed by atoms with E-state index < -0.39 is 0 Å². The van der Waals surface area contributed by atoms with Crippen molar-refractivity contribution < 1.29 is 13.9 Å². The smallest absolute Gasteiger partial charge is 0.277 e. The van der Waals surface area contributed by atoms with E-state index in [4.69, 9.17) is 4.74 Å². The molecular formula is C14H13FN2O2S. The zero-order valence-electron chi connectivity index (χ0n) is 10.8. The molecule has 0 radical (unpaired) electrons. The van der Waals surface area contributed by atoms with Gasteiger partial charge in [0.05, 0.1) is 6.21 Å². The number of nitrogens with one attached hydrogen (secondary N) is 1. The monoisotopic (exact) mass is 292 g/mol. The molecule has 0 atom stereocenters. The van der Waals surface area contributed by atoms with Gasteiger partial charge in [0.2, 0.25) is 0 Å². The van der Waals surface area contributed by atoms with Crippen molar-refractivity contribution in [1.82, 2.24) is 5.43 Å². The Labute approximate surface area is 119 Å². The minimum absolute atomic E-state index is 0.174. The Morgan fingerprint density at radius 2 is 2.15 bits per heavy atom. The van der Waals surface area contributed by atoms with Gasteiger partial charge in [0, 0.05) is 4.88 Å². The second-order valence-corrected chi connectivity index (χ2v) is 4.95. The highest BCUT2D eigenvalue weighted by Crippen LogP contribution is 2.12. The molecule has 1 aromatic carbocycles. The predicted molar refractivity (Wildman–Crippen MR) is 76.7 cm³/mol. The van der Waals surface area contributed by atoms with E-state index in [0.717, 1.165) is 10.4 Å². The number of thiophene rings is 1. The summed E-state index contributed by atoms with van der Waals surface area (Å²) in [4.78, 5) is 12.5. The molecule has 1 aromatic heterocycles. The normalized spacial score (nSPS) is 10.7. The zero-order valence-corrected chi connectivity index (χ0v) is 11.6. The van der Waals surface area contributed by atoms with Gasteiger partial charge >= 0.3 is 0 Å². The third-order valence-corrected chi connectivity index (χ3v) is 3.41. The van der Waals surface area contributed by atoms with Crippen LogP contribution in [0.15, 0.2) is 40.8 Å². The molecule has 0 fully saturated rings. The second-order valence-electron chi connectivity index (χ2n) is 4.00. The highest BCUT2D eigenvalue weighted by molar-refractivity contribution is 7.11. The van der Waals surface area contributed by atoms with Crippen molar-refractivity contribution >= 4 is 23.5 Å². The molecule has 0 saturated heterocycles. The van der Waals surface area contributed by atoms with Gasteiger partial charge < -0.3 is 4.74 Å². The van der Waals surface area contributed by atoms with Crippen molar-refractivity contribution in [2.75, 3.05) is 6.61 Å². The SMILES string of the molecule is Cc1ccsc1C=NNC(=O)COc1ccc(F)cc1. The lowest BCUT2D eigenvalue weighted by Crippen LogP contribution is -2.24. The number of benzene rings is 1. The van der Waals surface area contributed by atoms with Gasteiger partial charge in [-0.2, -0.15) is 5.10 Å². The summed E-state index contributed by atoms with van der Waals surface area (Å²) in [6.45, 7) is 1.80. The summed E-state index contributed by atoms with van der Waals surface area (Å²) in [6, 6.07) is 7.43. The standard InChI is InChI=1S/C14H13FN2O2S/c1-10-6-7-20-13(10)8-16-17-14(18)9-19-12-4-2-11(15)3-5-12/h2-8H,9H2,1H3,(H,17,18). The lowest BCUT2D eigenvalue weighted by atomic mass is 10.3. The van der Waals surface area contributed by atoms with Crippen LogP contribution in [0.2, 0.25) is 0 Å².